The molecule has 5 nitrogen and oxygen atoms in total. The molecule has 0 saturated carbocycles. The molecule has 142 valence electrons. The second-order valence-electron chi connectivity index (χ2n) is 6.84. The Morgan fingerprint density at radius 1 is 1.19 bits per heavy atom. The summed E-state index contributed by atoms with van der Waals surface area (Å²) in [4.78, 5) is 18.6. The summed E-state index contributed by atoms with van der Waals surface area (Å²) in [6, 6.07) is 6.07. The van der Waals surface area contributed by atoms with Crippen molar-refractivity contribution in [3.63, 3.8) is 0 Å². The quantitative estimate of drug-likeness (QED) is 0.767. The molecule has 1 amide bonds. The Hall–Kier alpha value is -1.34. The zero-order chi connectivity index (χ0) is 18.9. The minimum absolute atomic E-state index is 0.0530. The van der Waals surface area contributed by atoms with Crippen LogP contribution in [0.3, 0.4) is 0 Å². The van der Waals surface area contributed by atoms with Crippen LogP contribution < -0.4 is 4.90 Å². The van der Waals surface area contributed by atoms with Crippen LogP contribution in [0.5, 0.6) is 0 Å². The molecule has 0 aromatic heterocycles. The first-order chi connectivity index (χ1) is 12.4. The molecule has 0 radical (unpaired) electrons. The van der Waals surface area contributed by atoms with Gasteiger partial charge in [-0.1, -0.05) is 50.7 Å². The molecule has 2 fully saturated rings. The maximum absolute atomic E-state index is 12.2. The summed E-state index contributed by atoms with van der Waals surface area (Å²) in [6.45, 7) is 6.16. The first-order valence-electron chi connectivity index (χ1n) is 9.28. The molecule has 26 heavy (non-hydrogen) atoms. The second-order valence-corrected chi connectivity index (χ2v) is 10.2. The number of aryl methyl sites for hydroxylation is 2. The van der Waals surface area contributed by atoms with Crippen LogP contribution in [0.2, 0.25) is 0 Å². The number of fused-ring (bicyclic) bond motifs is 1. The molecule has 2 saturated heterocycles. The Morgan fingerprint density at radius 3 is 2.42 bits per heavy atom. The molecule has 2 aliphatic heterocycles. The van der Waals surface area contributed by atoms with E-state index in [1.807, 2.05) is 13.0 Å². The third kappa shape index (κ3) is 3.69. The summed E-state index contributed by atoms with van der Waals surface area (Å²) >= 11 is 1.45. The lowest BCUT2D eigenvalue weighted by molar-refractivity contribution is -0.117. The number of amides is 1. The van der Waals surface area contributed by atoms with Gasteiger partial charge in [-0.3, -0.25) is 4.79 Å². The summed E-state index contributed by atoms with van der Waals surface area (Å²) < 4.78 is 24.4. The van der Waals surface area contributed by atoms with E-state index in [0.29, 0.717) is 11.6 Å². The maximum atomic E-state index is 12.2. The summed E-state index contributed by atoms with van der Waals surface area (Å²) in [6.07, 6.45) is 2.88. The average Bonchev–Trinajstić information content (AvgIpc) is 3.05. The Kier molecular flexibility index (Phi) is 5.77. The second kappa shape index (κ2) is 7.72. The molecular weight excluding hydrogens is 368 g/mol. The van der Waals surface area contributed by atoms with Gasteiger partial charge in [-0.2, -0.15) is 4.99 Å². The number of hydrogen-bond donors (Lipinski definition) is 0. The van der Waals surface area contributed by atoms with E-state index in [1.54, 1.807) is 0 Å². The standard InChI is InChI=1S/C19H26N2O3S2/c1-4-8-17(22)20-19-21(15-11-26(23,24)12-16(15)25-19)18-13(5-2)9-7-10-14(18)6-3/h7,9-10,15-16H,4-6,8,11-12H2,1-3H3/t15-,16-/m1/s1. The van der Waals surface area contributed by atoms with Crippen LogP contribution in [0.25, 0.3) is 0 Å². The van der Waals surface area contributed by atoms with Gasteiger partial charge >= 0.3 is 0 Å². The van der Waals surface area contributed by atoms with Crippen molar-refractivity contribution >= 4 is 38.4 Å². The van der Waals surface area contributed by atoms with Gasteiger partial charge in [0.25, 0.3) is 0 Å². The first kappa shape index (κ1) is 19.4. The summed E-state index contributed by atoms with van der Waals surface area (Å²) in [5.74, 6) is 0.164. The first-order valence-corrected chi connectivity index (χ1v) is 12.0. The van der Waals surface area contributed by atoms with Crippen molar-refractivity contribution in [2.45, 2.75) is 57.7 Å². The third-order valence-electron chi connectivity index (χ3n) is 4.96. The third-order valence-corrected chi connectivity index (χ3v) is 8.17. The van der Waals surface area contributed by atoms with E-state index in [0.717, 1.165) is 24.9 Å². The highest BCUT2D eigenvalue weighted by Gasteiger charge is 2.50. The van der Waals surface area contributed by atoms with Crippen molar-refractivity contribution in [2.75, 3.05) is 16.4 Å². The Morgan fingerprint density at radius 2 is 1.85 bits per heavy atom. The molecule has 0 aliphatic carbocycles. The number of para-hydroxylation sites is 1. The maximum Gasteiger partial charge on any atom is 0.248 e. The number of aliphatic imine (C=N–C) groups is 1. The zero-order valence-corrected chi connectivity index (χ0v) is 17.2. The molecule has 0 N–H and O–H groups in total. The van der Waals surface area contributed by atoms with Crippen molar-refractivity contribution in [3.8, 4) is 0 Å². The molecule has 2 aliphatic rings. The molecule has 1 aromatic rings. The largest absolute Gasteiger partial charge is 0.315 e. The van der Waals surface area contributed by atoms with Gasteiger partial charge in [0.15, 0.2) is 15.0 Å². The topological polar surface area (TPSA) is 66.8 Å². The van der Waals surface area contributed by atoms with E-state index in [1.165, 1.54) is 22.9 Å². The van der Waals surface area contributed by atoms with Gasteiger partial charge in [0.05, 0.1) is 17.5 Å². The lowest BCUT2D eigenvalue weighted by Gasteiger charge is -2.29. The molecule has 1 aromatic carbocycles. The van der Waals surface area contributed by atoms with Crippen LogP contribution in [0.4, 0.5) is 5.69 Å². The lowest BCUT2D eigenvalue weighted by atomic mass is 10.0. The number of anilines is 1. The molecule has 2 atom stereocenters. The number of hydrogen-bond acceptors (Lipinski definition) is 4. The lowest BCUT2D eigenvalue weighted by Crippen LogP contribution is -2.39. The van der Waals surface area contributed by atoms with Crippen molar-refractivity contribution < 1.29 is 13.2 Å². The molecule has 0 bridgehead atoms. The fraction of sp³-hybridized carbons (Fsp3) is 0.579. The van der Waals surface area contributed by atoms with Crippen LogP contribution in [-0.4, -0.2) is 42.3 Å². The molecular formula is C19H26N2O3S2. The van der Waals surface area contributed by atoms with Gasteiger partial charge in [-0.25, -0.2) is 8.42 Å². The smallest absolute Gasteiger partial charge is 0.248 e. The van der Waals surface area contributed by atoms with Gasteiger partial charge in [0.2, 0.25) is 5.91 Å². The number of nitrogens with zero attached hydrogens (tertiary/aromatic N) is 2. The molecule has 3 rings (SSSR count). The predicted octanol–water partition coefficient (Wildman–Crippen LogP) is 3.21. The highest BCUT2D eigenvalue weighted by atomic mass is 32.2. The minimum Gasteiger partial charge on any atom is -0.315 e. The number of amidine groups is 1. The fourth-order valence-corrected chi connectivity index (χ4v) is 7.64. The predicted molar refractivity (Wildman–Crippen MR) is 109 cm³/mol. The Bertz CT molecular complexity index is 811. The van der Waals surface area contributed by atoms with Gasteiger partial charge in [-0.15, -0.1) is 0 Å². The van der Waals surface area contributed by atoms with Crippen LogP contribution in [0.15, 0.2) is 23.2 Å². The highest BCUT2D eigenvalue weighted by molar-refractivity contribution is 8.16. The van der Waals surface area contributed by atoms with E-state index in [4.69, 9.17) is 0 Å². The van der Waals surface area contributed by atoms with E-state index < -0.39 is 9.84 Å². The van der Waals surface area contributed by atoms with E-state index in [-0.39, 0.29) is 28.7 Å². The highest BCUT2D eigenvalue weighted by Crippen LogP contribution is 2.43. The number of thioether (sulfide) groups is 1. The summed E-state index contributed by atoms with van der Waals surface area (Å²) in [5, 5.41) is 0.617. The Balaban J connectivity index is 2.11. The average molecular weight is 395 g/mol. The summed E-state index contributed by atoms with van der Waals surface area (Å²) in [7, 11) is -3.05. The molecule has 0 unspecified atom stereocenters. The normalized spacial score (nSPS) is 25.7. The summed E-state index contributed by atoms with van der Waals surface area (Å²) in [5.41, 5.74) is 3.40. The number of sulfone groups is 1. The number of rotatable bonds is 5. The van der Waals surface area contributed by atoms with Crippen LogP contribution in [0, 0.1) is 0 Å². The number of carbonyl (C=O) groups is 1. The minimum atomic E-state index is -3.05. The SMILES string of the molecule is CCCC(=O)N=C1S[C@@H]2CS(=O)(=O)C[C@H]2N1c1c(CC)cccc1CC. The van der Waals surface area contributed by atoms with Crippen LogP contribution >= 0.6 is 11.8 Å². The van der Waals surface area contributed by atoms with E-state index in [9.17, 15) is 13.2 Å². The fourth-order valence-electron chi connectivity index (χ4n) is 3.73. The van der Waals surface area contributed by atoms with Gasteiger partial charge in [0, 0.05) is 17.4 Å². The molecule has 2 heterocycles. The van der Waals surface area contributed by atoms with Crippen molar-refractivity contribution in [3.05, 3.63) is 29.3 Å². The van der Waals surface area contributed by atoms with Gasteiger partial charge in [0.1, 0.15) is 0 Å². The number of carbonyl (C=O) groups excluding carboxylic acids is 1. The van der Waals surface area contributed by atoms with Crippen molar-refractivity contribution in [2.24, 2.45) is 4.99 Å². The molecule has 7 heteroatoms. The van der Waals surface area contributed by atoms with E-state index in [2.05, 4.69) is 35.9 Å². The van der Waals surface area contributed by atoms with E-state index >= 15 is 0 Å². The molecule has 0 spiro atoms. The van der Waals surface area contributed by atoms with Gasteiger partial charge in [-0.05, 0) is 30.4 Å². The zero-order valence-electron chi connectivity index (χ0n) is 15.6. The van der Waals surface area contributed by atoms with Crippen LogP contribution in [-0.2, 0) is 27.5 Å². The van der Waals surface area contributed by atoms with Gasteiger partial charge < -0.3 is 4.90 Å². The van der Waals surface area contributed by atoms with Crippen molar-refractivity contribution in [1.82, 2.24) is 0 Å². The number of benzene rings is 1. The Labute approximate surface area is 160 Å². The monoisotopic (exact) mass is 394 g/mol. The van der Waals surface area contributed by atoms with Crippen LogP contribution in [0.1, 0.15) is 44.7 Å². The van der Waals surface area contributed by atoms with Crippen molar-refractivity contribution in [1.29, 1.82) is 0 Å².